The van der Waals surface area contributed by atoms with Crippen molar-refractivity contribution in [1.29, 1.82) is 0 Å². The minimum absolute atomic E-state index is 0.472. The van der Waals surface area contributed by atoms with Crippen LogP contribution in [-0.4, -0.2) is 32.1 Å². The van der Waals surface area contributed by atoms with E-state index in [4.69, 9.17) is 5.73 Å². The monoisotopic (exact) mass is 260 g/mol. The van der Waals surface area contributed by atoms with E-state index in [1.54, 1.807) is 6.08 Å². The lowest BCUT2D eigenvalue weighted by Gasteiger charge is -2.22. The van der Waals surface area contributed by atoms with Crippen molar-refractivity contribution in [2.75, 3.05) is 31.1 Å². The van der Waals surface area contributed by atoms with Crippen LogP contribution in [0.3, 0.4) is 0 Å². The summed E-state index contributed by atoms with van der Waals surface area (Å²) in [5, 5.41) is 2.96. The Morgan fingerprint density at radius 3 is 2.95 bits per heavy atom. The Hall–Kier alpha value is -1.97. The van der Waals surface area contributed by atoms with Crippen LogP contribution in [0, 0.1) is 6.92 Å². The molecule has 1 rings (SSSR count). The third-order valence-corrected chi connectivity index (χ3v) is 2.83. The van der Waals surface area contributed by atoms with Gasteiger partial charge < -0.3 is 16.0 Å². The number of aliphatic imine (C=N–C) groups is 1. The van der Waals surface area contributed by atoms with E-state index in [0.29, 0.717) is 19.0 Å². The molecule has 0 amide bonds. The van der Waals surface area contributed by atoms with Gasteiger partial charge in [0.2, 0.25) is 0 Å². The molecule has 0 heterocycles. The Morgan fingerprint density at radius 1 is 1.53 bits per heavy atom. The van der Waals surface area contributed by atoms with Crippen molar-refractivity contribution >= 4 is 11.6 Å². The first-order valence-electron chi connectivity index (χ1n) is 6.63. The lowest BCUT2D eigenvalue weighted by atomic mass is 10.2. The molecular weight excluding hydrogens is 236 g/mol. The summed E-state index contributed by atoms with van der Waals surface area (Å²) in [4.78, 5) is 6.58. The van der Waals surface area contributed by atoms with Crippen LogP contribution < -0.4 is 16.0 Å². The molecule has 1 aromatic carbocycles. The van der Waals surface area contributed by atoms with Crippen molar-refractivity contribution in [3.05, 3.63) is 42.5 Å². The minimum atomic E-state index is 0.472. The van der Waals surface area contributed by atoms with Crippen LogP contribution in [0.4, 0.5) is 5.69 Å². The van der Waals surface area contributed by atoms with Crippen LogP contribution in [0.1, 0.15) is 12.5 Å². The summed E-state index contributed by atoms with van der Waals surface area (Å²) in [6.07, 6.45) is 1.76. The number of nitrogens with zero attached hydrogens (tertiary/aromatic N) is 2. The van der Waals surface area contributed by atoms with Crippen LogP contribution in [0.25, 0.3) is 0 Å². The van der Waals surface area contributed by atoms with Crippen molar-refractivity contribution in [2.45, 2.75) is 13.8 Å². The van der Waals surface area contributed by atoms with Gasteiger partial charge in [0.25, 0.3) is 0 Å². The van der Waals surface area contributed by atoms with E-state index >= 15 is 0 Å². The van der Waals surface area contributed by atoms with Gasteiger partial charge in [-0.3, -0.25) is 4.99 Å². The smallest absolute Gasteiger partial charge is 0.188 e. The Balaban J connectivity index is 2.51. The third kappa shape index (κ3) is 5.46. The Labute approximate surface area is 116 Å². The van der Waals surface area contributed by atoms with Gasteiger partial charge in [0.1, 0.15) is 0 Å². The van der Waals surface area contributed by atoms with Gasteiger partial charge >= 0.3 is 0 Å². The fraction of sp³-hybridized carbons (Fsp3) is 0.400. The molecule has 0 spiro atoms. The van der Waals surface area contributed by atoms with Crippen molar-refractivity contribution < 1.29 is 0 Å². The van der Waals surface area contributed by atoms with E-state index in [-0.39, 0.29) is 0 Å². The molecule has 19 heavy (non-hydrogen) atoms. The first-order chi connectivity index (χ1) is 9.17. The van der Waals surface area contributed by atoms with Crippen LogP contribution in [0.5, 0.6) is 0 Å². The summed E-state index contributed by atoms with van der Waals surface area (Å²) >= 11 is 0. The molecule has 0 saturated carbocycles. The summed E-state index contributed by atoms with van der Waals surface area (Å²) in [5.41, 5.74) is 8.22. The van der Waals surface area contributed by atoms with E-state index < -0.39 is 0 Å². The van der Waals surface area contributed by atoms with Crippen molar-refractivity contribution in [3.8, 4) is 0 Å². The van der Waals surface area contributed by atoms with Gasteiger partial charge in [-0.05, 0) is 31.5 Å². The molecule has 3 N–H and O–H groups in total. The van der Waals surface area contributed by atoms with Crippen molar-refractivity contribution in [3.63, 3.8) is 0 Å². The zero-order valence-corrected chi connectivity index (χ0v) is 11.9. The normalized spacial score (nSPS) is 11.2. The van der Waals surface area contributed by atoms with E-state index in [2.05, 4.69) is 59.9 Å². The molecule has 0 aromatic heterocycles. The standard InChI is InChI=1S/C15H24N4/c1-4-9-17-15(16)18-10-11-19(5-2)14-8-6-7-13(3)12-14/h4,6-8,12H,1,5,9-11H2,2-3H3,(H3,16,17,18). The summed E-state index contributed by atoms with van der Waals surface area (Å²) in [7, 11) is 0. The van der Waals surface area contributed by atoms with E-state index in [1.165, 1.54) is 11.3 Å². The van der Waals surface area contributed by atoms with Crippen LogP contribution in [0.15, 0.2) is 41.9 Å². The minimum Gasteiger partial charge on any atom is -0.370 e. The number of likely N-dealkylation sites (N-methyl/N-ethyl adjacent to an activating group) is 1. The van der Waals surface area contributed by atoms with Gasteiger partial charge in [-0.2, -0.15) is 0 Å². The number of nitrogens with one attached hydrogen (secondary N) is 1. The molecule has 0 aliphatic carbocycles. The van der Waals surface area contributed by atoms with Crippen molar-refractivity contribution in [2.24, 2.45) is 10.7 Å². The molecule has 0 atom stereocenters. The third-order valence-electron chi connectivity index (χ3n) is 2.83. The number of guanidine groups is 1. The quantitative estimate of drug-likeness (QED) is 0.447. The second kappa shape index (κ2) is 8.19. The van der Waals surface area contributed by atoms with E-state index in [0.717, 1.165) is 13.1 Å². The number of hydrogen-bond acceptors (Lipinski definition) is 2. The molecule has 0 saturated heterocycles. The maximum absolute atomic E-state index is 5.72. The molecular formula is C15H24N4. The topological polar surface area (TPSA) is 53.6 Å². The first-order valence-corrected chi connectivity index (χ1v) is 6.63. The number of nitrogens with two attached hydrogens (primary N) is 1. The maximum Gasteiger partial charge on any atom is 0.188 e. The lowest BCUT2D eigenvalue weighted by Crippen LogP contribution is -2.33. The van der Waals surface area contributed by atoms with Crippen LogP contribution in [0.2, 0.25) is 0 Å². The SMILES string of the molecule is C=CCNC(N)=NCCN(CC)c1cccc(C)c1. The summed E-state index contributed by atoms with van der Waals surface area (Å²) in [5.74, 6) is 0.472. The number of rotatable bonds is 7. The summed E-state index contributed by atoms with van der Waals surface area (Å²) < 4.78 is 0. The maximum atomic E-state index is 5.72. The molecule has 104 valence electrons. The summed E-state index contributed by atoms with van der Waals surface area (Å²) in [6.45, 7) is 11.0. The highest BCUT2D eigenvalue weighted by Crippen LogP contribution is 2.15. The van der Waals surface area contributed by atoms with Crippen molar-refractivity contribution in [1.82, 2.24) is 5.32 Å². The fourth-order valence-electron chi connectivity index (χ4n) is 1.82. The molecule has 0 unspecified atom stereocenters. The second-order valence-corrected chi connectivity index (χ2v) is 4.36. The predicted molar refractivity (Wildman–Crippen MR) is 83.8 cm³/mol. The van der Waals surface area contributed by atoms with Crippen LogP contribution >= 0.6 is 0 Å². The second-order valence-electron chi connectivity index (χ2n) is 4.36. The zero-order chi connectivity index (χ0) is 14.1. The average Bonchev–Trinajstić information content (AvgIpc) is 2.41. The highest BCUT2D eigenvalue weighted by atomic mass is 15.1. The highest BCUT2D eigenvalue weighted by molar-refractivity contribution is 5.77. The average molecular weight is 260 g/mol. The molecule has 4 nitrogen and oxygen atoms in total. The zero-order valence-electron chi connectivity index (χ0n) is 11.9. The van der Waals surface area contributed by atoms with Gasteiger partial charge in [-0.25, -0.2) is 0 Å². The summed E-state index contributed by atoms with van der Waals surface area (Å²) in [6, 6.07) is 8.50. The lowest BCUT2D eigenvalue weighted by molar-refractivity contribution is 0.811. The van der Waals surface area contributed by atoms with Crippen LogP contribution in [-0.2, 0) is 0 Å². The van der Waals surface area contributed by atoms with Gasteiger partial charge in [0.05, 0.1) is 6.54 Å². The van der Waals surface area contributed by atoms with E-state index in [1.807, 2.05) is 0 Å². The largest absolute Gasteiger partial charge is 0.370 e. The van der Waals surface area contributed by atoms with Gasteiger partial charge in [-0.1, -0.05) is 18.2 Å². The van der Waals surface area contributed by atoms with E-state index in [9.17, 15) is 0 Å². The molecule has 0 fully saturated rings. The Bertz CT molecular complexity index is 426. The molecule has 0 radical (unpaired) electrons. The van der Waals surface area contributed by atoms with Gasteiger partial charge in [0.15, 0.2) is 5.96 Å². The number of anilines is 1. The number of aryl methyl sites for hydroxylation is 1. The Morgan fingerprint density at radius 2 is 2.32 bits per heavy atom. The molecule has 1 aromatic rings. The van der Waals surface area contributed by atoms with Gasteiger partial charge in [-0.15, -0.1) is 6.58 Å². The molecule has 0 aliphatic heterocycles. The number of benzene rings is 1. The molecule has 0 aliphatic rings. The molecule has 4 heteroatoms. The predicted octanol–water partition coefficient (Wildman–Crippen LogP) is 1.91. The number of hydrogen-bond donors (Lipinski definition) is 2. The van der Waals surface area contributed by atoms with Gasteiger partial charge in [0, 0.05) is 25.3 Å². The fourth-order valence-corrected chi connectivity index (χ4v) is 1.82. The molecule has 0 bridgehead atoms. The first kappa shape index (κ1) is 15.1. The Kier molecular flexibility index (Phi) is 6.50. The highest BCUT2D eigenvalue weighted by Gasteiger charge is 2.03.